The number of alkyl halides is 1. The van der Waals surface area contributed by atoms with Crippen molar-refractivity contribution in [3.8, 4) is 0 Å². The summed E-state index contributed by atoms with van der Waals surface area (Å²) in [6, 6.07) is 0. The third-order valence-corrected chi connectivity index (χ3v) is 4.03. The fraction of sp³-hybridized carbons (Fsp3) is 0.917. The molecule has 0 bridgehead atoms. The SMILES string of the molecule is CCC(C)C(=O)NC1(CCl)CCCCC1. The van der Waals surface area contributed by atoms with Gasteiger partial charge in [-0.3, -0.25) is 4.79 Å². The van der Waals surface area contributed by atoms with Crippen LogP contribution in [0, 0.1) is 5.92 Å². The van der Waals surface area contributed by atoms with E-state index >= 15 is 0 Å². The molecular formula is C12H22ClNO. The van der Waals surface area contributed by atoms with Crippen LogP contribution in [0.1, 0.15) is 52.4 Å². The summed E-state index contributed by atoms with van der Waals surface area (Å²) in [5.74, 6) is 0.821. The van der Waals surface area contributed by atoms with E-state index in [9.17, 15) is 4.79 Å². The molecule has 2 nitrogen and oxygen atoms in total. The Kier molecular flexibility index (Phi) is 4.91. The highest BCUT2D eigenvalue weighted by atomic mass is 35.5. The molecule has 1 amide bonds. The van der Waals surface area contributed by atoms with Gasteiger partial charge in [-0.05, 0) is 19.3 Å². The van der Waals surface area contributed by atoms with Crippen LogP contribution < -0.4 is 5.32 Å². The molecule has 0 aromatic carbocycles. The quantitative estimate of drug-likeness (QED) is 0.741. The normalized spacial score (nSPS) is 22.1. The highest BCUT2D eigenvalue weighted by molar-refractivity contribution is 6.18. The highest BCUT2D eigenvalue weighted by Gasteiger charge is 2.33. The first kappa shape index (κ1) is 12.8. The summed E-state index contributed by atoms with van der Waals surface area (Å²) in [5, 5.41) is 3.16. The number of amides is 1. The molecule has 88 valence electrons. The number of hydrogen-bond donors (Lipinski definition) is 1. The summed E-state index contributed by atoms with van der Waals surface area (Å²) >= 11 is 6.01. The minimum atomic E-state index is -0.111. The van der Waals surface area contributed by atoms with Gasteiger partial charge < -0.3 is 5.32 Å². The third kappa shape index (κ3) is 3.37. The second-order valence-electron chi connectivity index (χ2n) is 4.77. The van der Waals surface area contributed by atoms with Gasteiger partial charge in [-0.25, -0.2) is 0 Å². The average molecular weight is 232 g/mol. The van der Waals surface area contributed by atoms with E-state index in [1.807, 2.05) is 13.8 Å². The number of nitrogens with one attached hydrogen (secondary N) is 1. The van der Waals surface area contributed by atoms with Gasteiger partial charge in [0, 0.05) is 11.8 Å². The van der Waals surface area contributed by atoms with E-state index in [2.05, 4.69) is 5.32 Å². The number of halogens is 1. The Hall–Kier alpha value is -0.240. The van der Waals surface area contributed by atoms with E-state index in [0.29, 0.717) is 5.88 Å². The van der Waals surface area contributed by atoms with Crippen LogP contribution in [0.5, 0.6) is 0 Å². The Balaban J connectivity index is 2.55. The molecule has 0 aromatic heterocycles. The van der Waals surface area contributed by atoms with E-state index in [4.69, 9.17) is 11.6 Å². The number of hydrogen-bond acceptors (Lipinski definition) is 1. The number of carbonyl (C=O) groups excluding carboxylic acids is 1. The lowest BCUT2D eigenvalue weighted by atomic mass is 9.82. The Labute approximate surface area is 97.8 Å². The fourth-order valence-electron chi connectivity index (χ4n) is 2.09. The van der Waals surface area contributed by atoms with E-state index in [-0.39, 0.29) is 17.4 Å². The first-order chi connectivity index (χ1) is 7.13. The molecule has 1 aliphatic carbocycles. The van der Waals surface area contributed by atoms with E-state index in [1.54, 1.807) is 0 Å². The zero-order chi connectivity index (χ0) is 11.3. The molecule has 15 heavy (non-hydrogen) atoms. The molecule has 1 aliphatic rings. The molecule has 3 heteroatoms. The Morgan fingerprint density at radius 2 is 2.00 bits per heavy atom. The molecule has 0 aromatic rings. The largest absolute Gasteiger partial charge is 0.349 e. The van der Waals surface area contributed by atoms with Gasteiger partial charge in [-0.2, -0.15) is 0 Å². The van der Waals surface area contributed by atoms with Gasteiger partial charge in [-0.1, -0.05) is 33.1 Å². The van der Waals surface area contributed by atoms with Crippen molar-refractivity contribution in [1.82, 2.24) is 5.32 Å². The summed E-state index contributed by atoms with van der Waals surface area (Å²) in [6.45, 7) is 4.01. The van der Waals surface area contributed by atoms with Crippen LogP contribution in [0.4, 0.5) is 0 Å². The van der Waals surface area contributed by atoms with Crippen molar-refractivity contribution in [3.05, 3.63) is 0 Å². The predicted molar refractivity (Wildman–Crippen MR) is 64.1 cm³/mol. The van der Waals surface area contributed by atoms with Gasteiger partial charge in [0.1, 0.15) is 0 Å². The lowest BCUT2D eigenvalue weighted by molar-refractivity contribution is -0.126. The van der Waals surface area contributed by atoms with Crippen LogP contribution in [-0.4, -0.2) is 17.3 Å². The van der Waals surface area contributed by atoms with Crippen molar-refractivity contribution in [3.63, 3.8) is 0 Å². The van der Waals surface area contributed by atoms with Crippen LogP contribution >= 0.6 is 11.6 Å². The summed E-state index contributed by atoms with van der Waals surface area (Å²) in [5.41, 5.74) is -0.111. The van der Waals surface area contributed by atoms with Crippen LogP contribution in [0.3, 0.4) is 0 Å². The van der Waals surface area contributed by atoms with Crippen molar-refractivity contribution >= 4 is 17.5 Å². The third-order valence-electron chi connectivity index (χ3n) is 3.51. The summed E-state index contributed by atoms with van der Waals surface area (Å²) < 4.78 is 0. The molecular weight excluding hydrogens is 210 g/mol. The molecule has 1 fully saturated rings. The zero-order valence-electron chi connectivity index (χ0n) is 9.81. The zero-order valence-corrected chi connectivity index (χ0v) is 10.6. The van der Waals surface area contributed by atoms with E-state index < -0.39 is 0 Å². The maximum atomic E-state index is 11.8. The second-order valence-corrected chi connectivity index (χ2v) is 5.04. The van der Waals surface area contributed by atoms with Gasteiger partial charge in [0.05, 0.1) is 5.54 Å². The Morgan fingerprint density at radius 3 is 2.47 bits per heavy atom. The summed E-state index contributed by atoms with van der Waals surface area (Å²) in [4.78, 5) is 11.8. The van der Waals surface area contributed by atoms with Crippen molar-refractivity contribution in [2.75, 3.05) is 5.88 Å². The van der Waals surface area contributed by atoms with Crippen molar-refractivity contribution in [2.24, 2.45) is 5.92 Å². The lowest BCUT2D eigenvalue weighted by Crippen LogP contribution is -2.52. The summed E-state index contributed by atoms with van der Waals surface area (Å²) in [7, 11) is 0. The van der Waals surface area contributed by atoms with Crippen molar-refractivity contribution in [1.29, 1.82) is 0 Å². The van der Waals surface area contributed by atoms with Crippen LogP contribution in [0.25, 0.3) is 0 Å². The van der Waals surface area contributed by atoms with Crippen molar-refractivity contribution in [2.45, 2.75) is 57.9 Å². The molecule has 1 rings (SSSR count). The van der Waals surface area contributed by atoms with Gasteiger partial charge >= 0.3 is 0 Å². The standard InChI is InChI=1S/C12H22ClNO/c1-3-10(2)11(15)14-12(9-13)7-5-4-6-8-12/h10H,3-9H2,1-2H3,(H,14,15). The molecule has 0 radical (unpaired) electrons. The topological polar surface area (TPSA) is 29.1 Å². The summed E-state index contributed by atoms with van der Waals surface area (Å²) in [6.07, 6.45) is 6.63. The second kappa shape index (κ2) is 5.74. The molecule has 1 unspecified atom stereocenters. The molecule has 0 saturated heterocycles. The molecule has 1 atom stereocenters. The predicted octanol–water partition coefficient (Wildman–Crippen LogP) is 3.09. The molecule has 0 aliphatic heterocycles. The first-order valence-electron chi connectivity index (χ1n) is 6.01. The minimum absolute atomic E-state index is 0.104. The monoisotopic (exact) mass is 231 g/mol. The molecule has 1 N–H and O–H groups in total. The fourth-order valence-corrected chi connectivity index (χ4v) is 2.42. The van der Waals surface area contributed by atoms with Crippen LogP contribution in [0.15, 0.2) is 0 Å². The maximum absolute atomic E-state index is 11.8. The maximum Gasteiger partial charge on any atom is 0.223 e. The smallest absolute Gasteiger partial charge is 0.223 e. The number of rotatable bonds is 4. The Bertz CT molecular complexity index is 212. The van der Waals surface area contributed by atoms with E-state index in [0.717, 1.165) is 19.3 Å². The lowest BCUT2D eigenvalue weighted by Gasteiger charge is -2.37. The van der Waals surface area contributed by atoms with Crippen molar-refractivity contribution < 1.29 is 4.79 Å². The molecule has 0 heterocycles. The van der Waals surface area contributed by atoms with Crippen LogP contribution in [0.2, 0.25) is 0 Å². The van der Waals surface area contributed by atoms with Gasteiger partial charge in [0.2, 0.25) is 5.91 Å². The van der Waals surface area contributed by atoms with Gasteiger partial charge in [-0.15, -0.1) is 11.6 Å². The minimum Gasteiger partial charge on any atom is -0.349 e. The first-order valence-corrected chi connectivity index (χ1v) is 6.55. The Morgan fingerprint density at radius 1 is 1.40 bits per heavy atom. The number of carbonyl (C=O) groups is 1. The molecule has 1 saturated carbocycles. The molecule has 0 spiro atoms. The van der Waals surface area contributed by atoms with E-state index in [1.165, 1.54) is 19.3 Å². The van der Waals surface area contributed by atoms with Crippen LogP contribution in [-0.2, 0) is 4.79 Å². The van der Waals surface area contributed by atoms with Gasteiger partial charge in [0.25, 0.3) is 0 Å². The van der Waals surface area contributed by atoms with Gasteiger partial charge in [0.15, 0.2) is 0 Å². The average Bonchev–Trinajstić information content (AvgIpc) is 2.29. The highest BCUT2D eigenvalue weighted by Crippen LogP contribution is 2.29.